The van der Waals surface area contributed by atoms with Crippen LogP contribution in [0.1, 0.15) is 24.0 Å². The van der Waals surface area contributed by atoms with Gasteiger partial charge in [0, 0.05) is 18.0 Å². The van der Waals surface area contributed by atoms with E-state index in [1.165, 1.54) is 29.4 Å². The van der Waals surface area contributed by atoms with Crippen molar-refractivity contribution in [2.75, 3.05) is 42.1 Å². The zero-order chi connectivity index (χ0) is 21.7. The molecule has 3 aromatic carbocycles. The molecule has 0 spiro atoms. The lowest BCUT2D eigenvalue weighted by Crippen LogP contribution is -2.35. The minimum atomic E-state index is 0.590. The third-order valence-electron chi connectivity index (χ3n) is 6.94. The Balaban J connectivity index is 1.96. The van der Waals surface area contributed by atoms with E-state index in [2.05, 4.69) is 23.1 Å². The van der Waals surface area contributed by atoms with Gasteiger partial charge in [0.15, 0.2) is 23.0 Å². The molecule has 0 aliphatic carbocycles. The SMILES string of the molecule is COc1cc2c3c(c4cc(OC)c(OC)c(OC)c4c2cc1OC)C[C@H]1CCCN1C3. The molecule has 5 rings (SSSR count). The Morgan fingerprint density at radius 2 is 1.35 bits per heavy atom. The van der Waals surface area contributed by atoms with E-state index in [-0.39, 0.29) is 0 Å². The average molecular weight is 424 g/mol. The summed E-state index contributed by atoms with van der Waals surface area (Å²) in [6.45, 7) is 2.10. The predicted octanol–water partition coefficient (Wildman–Crippen LogP) is 4.56. The fourth-order valence-electron chi connectivity index (χ4n) is 5.51. The first kappa shape index (κ1) is 20.1. The average Bonchev–Trinajstić information content (AvgIpc) is 3.28. The largest absolute Gasteiger partial charge is 0.493 e. The number of methoxy groups -OCH3 is 5. The Hall–Kier alpha value is -2.86. The quantitative estimate of drug-likeness (QED) is 0.561. The topological polar surface area (TPSA) is 49.4 Å². The van der Waals surface area contributed by atoms with Crippen LogP contribution >= 0.6 is 0 Å². The van der Waals surface area contributed by atoms with Gasteiger partial charge in [-0.1, -0.05) is 0 Å². The van der Waals surface area contributed by atoms with Crippen molar-refractivity contribution in [1.82, 2.24) is 4.90 Å². The van der Waals surface area contributed by atoms with Crippen molar-refractivity contribution in [3.8, 4) is 28.7 Å². The Morgan fingerprint density at radius 1 is 0.710 bits per heavy atom. The summed E-state index contributed by atoms with van der Waals surface area (Å²) in [4.78, 5) is 2.61. The Kier molecular flexibility index (Phi) is 4.97. The number of nitrogens with zero attached hydrogens (tertiary/aromatic N) is 1. The van der Waals surface area contributed by atoms with Crippen LogP contribution in [0.2, 0.25) is 0 Å². The number of hydrogen-bond acceptors (Lipinski definition) is 6. The maximum atomic E-state index is 5.92. The molecule has 0 amide bonds. The molecule has 1 atom stereocenters. The minimum Gasteiger partial charge on any atom is -0.493 e. The van der Waals surface area contributed by atoms with Crippen molar-refractivity contribution in [2.24, 2.45) is 0 Å². The Labute approximate surface area is 182 Å². The second-order valence-electron chi connectivity index (χ2n) is 8.25. The lowest BCUT2D eigenvalue weighted by molar-refractivity contribution is 0.229. The van der Waals surface area contributed by atoms with Crippen molar-refractivity contribution in [3.05, 3.63) is 29.3 Å². The Bertz CT molecular complexity index is 1170. The van der Waals surface area contributed by atoms with Crippen LogP contribution in [0, 0.1) is 0 Å². The zero-order valence-electron chi connectivity index (χ0n) is 18.8. The van der Waals surface area contributed by atoms with Gasteiger partial charge in [-0.15, -0.1) is 0 Å². The third kappa shape index (κ3) is 2.88. The van der Waals surface area contributed by atoms with Crippen molar-refractivity contribution < 1.29 is 23.7 Å². The molecule has 3 aromatic rings. The fraction of sp³-hybridized carbons (Fsp3) is 0.440. The van der Waals surface area contributed by atoms with Crippen LogP contribution in [-0.4, -0.2) is 53.0 Å². The summed E-state index contributed by atoms with van der Waals surface area (Å²) in [5.74, 6) is 3.41. The molecular weight excluding hydrogens is 394 g/mol. The lowest BCUT2D eigenvalue weighted by atomic mass is 9.84. The second kappa shape index (κ2) is 7.68. The van der Waals surface area contributed by atoms with E-state index in [9.17, 15) is 0 Å². The molecule has 164 valence electrons. The third-order valence-corrected chi connectivity index (χ3v) is 6.94. The summed E-state index contributed by atoms with van der Waals surface area (Å²) in [5.41, 5.74) is 2.73. The van der Waals surface area contributed by atoms with Crippen molar-refractivity contribution in [3.63, 3.8) is 0 Å². The molecule has 0 saturated carbocycles. The van der Waals surface area contributed by atoms with Crippen molar-refractivity contribution in [1.29, 1.82) is 0 Å². The maximum absolute atomic E-state index is 5.92. The zero-order valence-corrected chi connectivity index (χ0v) is 18.8. The molecule has 31 heavy (non-hydrogen) atoms. The molecule has 1 fully saturated rings. The monoisotopic (exact) mass is 423 g/mol. The van der Waals surface area contributed by atoms with Gasteiger partial charge in [-0.25, -0.2) is 0 Å². The molecule has 2 heterocycles. The van der Waals surface area contributed by atoms with Crippen molar-refractivity contribution >= 4 is 21.5 Å². The first-order valence-corrected chi connectivity index (χ1v) is 10.7. The first-order valence-electron chi connectivity index (χ1n) is 10.7. The highest BCUT2D eigenvalue weighted by molar-refractivity contribution is 6.16. The molecule has 2 aliphatic rings. The smallest absolute Gasteiger partial charge is 0.203 e. The van der Waals surface area contributed by atoms with Crippen LogP contribution in [0.4, 0.5) is 0 Å². The fourth-order valence-corrected chi connectivity index (χ4v) is 5.51. The van der Waals surface area contributed by atoms with E-state index in [4.69, 9.17) is 23.7 Å². The normalized spacial score (nSPS) is 18.0. The van der Waals surface area contributed by atoms with Gasteiger partial charge in [-0.2, -0.15) is 0 Å². The summed E-state index contributed by atoms with van der Waals surface area (Å²) >= 11 is 0. The summed E-state index contributed by atoms with van der Waals surface area (Å²) < 4.78 is 28.6. The van der Waals surface area contributed by atoms with E-state index in [1.54, 1.807) is 35.5 Å². The number of rotatable bonds is 5. The van der Waals surface area contributed by atoms with E-state index >= 15 is 0 Å². The summed E-state index contributed by atoms with van der Waals surface area (Å²) in [6.07, 6.45) is 3.52. The number of benzene rings is 3. The lowest BCUT2D eigenvalue weighted by Gasteiger charge is -2.34. The molecule has 0 radical (unpaired) electrons. The maximum Gasteiger partial charge on any atom is 0.203 e. The van der Waals surface area contributed by atoms with E-state index in [0.29, 0.717) is 29.0 Å². The molecule has 0 N–H and O–H groups in total. The van der Waals surface area contributed by atoms with Crippen LogP contribution in [-0.2, 0) is 13.0 Å². The van der Waals surface area contributed by atoms with Gasteiger partial charge >= 0.3 is 0 Å². The van der Waals surface area contributed by atoms with Gasteiger partial charge in [0.05, 0.1) is 35.5 Å². The van der Waals surface area contributed by atoms with Crippen LogP contribution in [0.3, 0.4) is 0 Å². The van der Waals surface area contributed by atoms with E-state index in [1.807, 2.05) is 0 Å². The second-order valence-corrected chi connectivity index (χ2v) is 8.25. The molecular formula is C25H29NO5. The molecule has 0 bridgehead atoms. The van der Waals surface area contributed by atoms with Crippen LogP contribution in [0.5, 0.6) is 28.7 Å². The molecule has 1 saturated heterocycles. The highest BCUT2D eigenvalue weighted by Gasteiger charge is 2.34. The highest BCUT2D eigenvalue weighted by Crippen LogP contribution is 2.51. The summed E-state index contributed by atoms with van der Waals surface area (Å²) in [5, 5.41) is 4.44. The molecule has 6 heteroatoms. The highest BCUT2D eigenvalue weighted by atomic mass is 16.5. The first-order chi connectivity index (χ1) is 15.1. The van der Waals surface area contributed by atoms with Crippen LogP contribution in [0.25, 0.3) is 21.5 Å². The minimum absolute atomic E-state index is 0.590. The molecule has 6 nitrogen and oxygen atoms in total. The van der Waals surface area contributed by atoms with Gasteiger partial charge in [0.2, 0.25) is 5.75 Å². The van der Waals surface area contributed by atoms with E-state index in [0.717, 1.165) is 41.4 Å². The van der Waals surface area contributed by atoms with Gasteiger partial charge in [-0.05, 0) is 71.3 Å². The Morgan fingerprint density at radius 3 is 2.00 bits per heavy atom. The summed E-state index contributed by atoms with van der Waals surface area (Å²) in [6, 6.07) is 6.86. The number of fused-ring (bicyclic) bond motifs is 7. The predicted molar refractivity (Wildman–Crippen MR) is 121 cm³/mol. The van der Waals surface area contributed by atoms with E-state index < -0.39 is 0 Å². The standard InChI is InChI=1S/C25H29NO5/c1-27-20-10-16-17(11-21(20)28-2)23-18(12-22(29-3)24(30-4)25(23)31-5)15-9-14-7-6-8-26(14)13-19(15)16/h10-12,14H,6-9,13H2,1-5H3/t14-/m1/s1. The van der Waals surface area contributed by atoms with Crippen LogP contribution < -0.4 is 23.7 Å². The number of hydrogen-bond donors (Lipinski definition) is 0. The van der Waals surface area contributed by atoms with Crippen LogP contribution in [0.15, 0.2) is 18.2 Å². The molecule has 2 aliphatic heterocycles. The molecule has 0 unspecified atom stereocenters. The summed E-state index contributed by atoms with van der Waals surface area (Å²) in [7, 11) is 8.35. The van der Waals surface area contributed by atoms with Gasteiger partial charge in [-0.3, -0.25) is 4.90 Å². The van der Waals surface area contributed by atoms with Gasteiger partial charge in [0.25, 0.3) is 0 Å². The van der Waals surface area contributed by atoms with Crippen molar-refractivity contribution in [2.45, 2.75) is 31.8 Å². The number of ether oxygens (including phenoxy) is 5. The molecule has 0 aromatic heterocycles. The van der Waals surface area contributed by atoms with Gasteiger partial charge < -0.3 is 23.7 Å². The van der Waals surface area contributed by atoms with Gasteiger partial charge in [0.1, 0.15) is 0 Å².